The molecule has 0 aromatic rings. The normalized spacial score (nSPS) is 10.9. The van der Waals surface area contributed by atoms with Crippen molar-refractivity contribution in [2.45, 2.75) is 64.7 Å². The summed E-state index contributed by atoms with van der Waals surface area (Å²) < 4.78 is 0. The van der Waals surface area contributed by atoms with Gasteiger partial charge in [0.05, 0.1) is 0 Å². The molecule has 0 bridgehead atoms. The third-order valence-electron chi connectivity index (χ3n) is 2.88. The Hall–Kier alpha value is -0.120. The molecule has 0 aliphatic rings. The van der Waals surface area contributed by atoms with Crippen LogP contribution in [0.25, 0.3) is 0 Å². The summed E-state index contributed by atoms with van der Waals surface area (Å²) in [6, 6.07) is 0. The van der Waals surface area contributed by atoms with Crippen LogP contribution in [-0.4, -0.2) is 19.6 Å². The number of hydrogen-bond acceptors (Lipinski definition) is 3. The molecule has 0 saturated carbocycles. The molecule has 0 aliphatic heterocycles. The molecule has 0 fully saturated rings. The fourth-order valence-electron chi connectivity index (χ4n) is 1.82. The lowest BCUT2D eigenvalue weighted by Gasteiger charge is -2.04. The van der Waals surface area contributed by atoms with Crippen LogP contribution < -0.4 is 16.6 Å². The minimum Gasteiger partial charge on any atom is -0.317 e. The Balaban J connectivity index is 2.83. The Morgan fingerprint density at radius 2 is 1.25 bits per heavy atom. The van der Waals surface area contributed by atoms with E-state index in [9.17, 15) is 0 Å². The summed E-state index contributed by atoms with van der Waals surface area (Å²) >= 11 is 0. The lowest BCUT2D eigenvalue weighted by molar-refractivity contribution is 0.545. The van der Waals surface area contributed by atoms with Gasteiger partial charge in [-0.25, -0.2) is 0 Å². The van der Waals surface area contributed by atoms with Crippen LogP contribution in [0.15, 0.2) is 0 Å². The second-order valence-corrected chi connectivity index (χ2v) is 4.53. The van der Waals surface area contributed by atoms with Crippen molar-refractivity contribution in [2.75, 3.05) is 19.6 Å². The van der Waals surface area contributed by atoms with Gasteiger partial charge >= 0.3 is 0 Å². The van der Waals surface area contributed by atoms with Crippen molar-refractivity contribution in [1.82, 2.24) is 10.7 Å². The van der Waals surface area contributed by atoms with E-state index < -0.39 is 0 Å². The molecule has 0 aromatic heterocycles. The van der Waals surface area contributed by atoms with Gasteiger partial charge < -0.3 is 5.32 Å². The number of nitrogens with two attached hydrogens (primary N) is 1. The largest absolute Gasteiger partial charge is 0.317 e. The van der Waals surface area contributed by atoms with Gasteiger partial charge in [0.1, 0.15) is 0 Å². The van der Waals surface area contributed by atoms with Crippen molar-refractivity contribution in [3.05, 3.63) is 0 Å². The van der Waals surface area contributed by atoms with Crippen LogP contribution in [0.2, 0.25) is 0 Å². The Morgan fingerprint density at radius 1 is 0.688 bits per heavy atom. The van der Waals surface area contributed by atoms with E-state index >= 15 is 0 Å². The maximum absolute atomic E-state index is 5.18. The number of hydrazine groups is 1. The molecule has 0 saturated heterocycles. The Bertz CT molecular complexity index is 104. The molecule has 3 nitrogen and oxygen atoms in total. The van der Waals surface area contributed by atoms with Crippen LogP contribution in [0.1, 0.15) is 64.7 Å². The molecule has 0 amide bonds. The number of rotatable bonds is 13. The van der Waals surface area contributed by atoms with Gasteiger partial charge in [-0.1, -0.05) is 51.9 Å². The number of hydrogen-bond donors (Lipinski definition) is 3. The quantitative estimate of drug-likeness (QED) is 0.258. The zero-order chi connectivity index (χ0) is 11.9. The highest BCUT2D eigenvalue weighted by molar-refractivity contribution is 4.51. The minimum atomic E-state index is 0.907. The first-order valence-corrected chi connectivity index (χ1v) is 7.06. The second kappa shape index (κ2) is 14.9. The van der Waals surface area contributed by atoms with Crippen LogP contribution in [0.3, 0.4) is 0 Å². The fourth-order valence-corrected chi connectivity index (χ4v) is 1.82. The van der Waals surface area contributed by atoms with Gasteiger partial charge in [-0.05, 0) is 25.9 Å². The lowest BCUT2D eigenvalue weighted by Crippen LogP contribution is -2.26. The summed E-state index contributed by atoms with van der Waals surface area (Å²) in [6.07, 6.45) is 12.3. The van der Waals surface area contributed by atoms with Gasteiger partial charge in [0, 0.05) is 6.54 Å². The molecular formula is C13H31N3. The number of unbranched alkanes of at least 4 members (excludes halogenated alkanes) is 7. The van der Waals surface area contributed by atoms with Gasteiger partial charge in [0.25, 0.3) is 0 Å². The van der Waals surface area contributed by atoms with Crippen LogP contribution >= 0.6 is 0 Å². The van der Waals surface area contributed by atoms with E-state index in [0.717, 1.165) is 19.5 Å². The molecule has 16 heavy (non-hydrogen) atoms. The van der Waals surface area contributed by atoms with E-state index in [2.05, 4.69) is 17.7 Å². The molecule has 0 atom stereocenters. The SMILES string of the molecule is CCCCCCCCCCNCCCNN. The molecule has 4 N–H and O–H groups in total. The number of nitrogens with one attached hydrogen (secondary N) is 2. The van der Waals surface area contributed by atoms with Gasteiger partial charge in [-0.3, -0.25) is 11.3 Å². The summed E-state index contributed by atoms with van der Waals surface area (Å²) in [5, 5.41) is 3.44. The Kier molecular flexibility index (Phi) is 14.8. The van der Waals surface area contributed by atoms with Gasteiger partial charge in [0.15, 0.2) is 0 Å². The summed E-state index contributed by atoms with van der Waals surface area (Å²) in [6.45, 7) is 5.43. The van der Waals surface area contributed by atoms with E-state index in [4.69, 9.17) is 5.84 Å². The van der Waals surface area contributed by atoms with Crippen molar-refractivity contribution in [3.8, 4) is 0 Å². The van der Waals surface area contributed by atoms with Gasteiger partial charge in [-0.15, -0.1) is 0 Å². The molecule has 0 radical (unpaired) electrons. The lowest BCUT2D eigenvalue weighted by atomic mass is 10.1. The van der Waals surface area contributed by atoms with Crippen molar-refractivity contribution in [3.63, 3.8) is 0 Å². The molecule has 0 aliphatic carbocycles. The Morgan fingerprint density at radius 3 is 1.88 bits per heavy atom. The first-order chi connectivity index (χ1) is 7.91. The van der Waals surface area contributed by atoms with E-state index in [1.807, 2.05) is 0 Å². The van der Waals surface area contributed by atoms with Crippen LogP contribution in [0.4, 0.5) is 0 Å². The smallest absolute Gasteiger partial charge is 0.0109 e. The monoisotopic (exact) mass is 229 g/mol. The van der Waals surface area contributed by atoms with Crippen molar-refractivity contribution < 1.29 is 0 Å². The Labute approximate surface area is 102 Å². The maximum atomic E-state index is 5.18. The summed E-state index contributed by atoms with van der Waals surface area (Å²) in [5.41, 5.74) is 2.66. The van der Waals surface area contributed by atoms with E-state index in [-0.39, 0.29) is 0 Å². The van der Waals surface area contributed by atoms with Crippen molar-refractivity contribution in [1.29, 1.82) is 0 Å². The standard InChI is InChI=1S/C13H31N3/c1-2-3-4-5-6-7-8-9-11-15-12-10-13-16-14/h15-16H,2-14H2,1H3. The van der Waals surface area contributed by atoms with E-state index in [0.29, 0.717) is 0 Å². The third kappa shape index (κ3) is 13.9. The van der Waals surface area contributed by atoms with E-state index in [1.165, 1.54) is 57.9 Å². The minimum absolute atomic E-state index is 0.907. The van der Waals surface area contributed by atoms with Crippen LogP contribution in [0, 0.1) is 0 Å². The average molecular weight is 229 g/mol. The average Bonchev–Trinajstić information content (AvgIpc) is 2.31. The fraction of sp³-hybridized carbons (Fsp3) is 1.00. The molecular weight excluding hydrogens is 198 g/mol. The summed E-state index contributed by atoms with van der Waals surface area (Å²) in [7, 11) is 0. The molecule has 0 heterocycles. The highest BCUT2D eigenvalue weighted by atomic mass is 15.2. The molecule has 0 spiro atoms. The zero-order valence-corrected chi connectivity index (χ0v) is 11.1. The topological polar surface area (TPSA) is 50.1 Å². The predicted octanol–water partition coefficient (Wildman–Crippen LogP) is 2.57. The summed E-state index contributed by atoms with van der Waals surface area (Å²) in [4.78, 5) is 0. The molecule has 3 heteroatoms. The molecule has 0 rings (SSSR count). The zero-order valence-electron chi connectivity index (χ0n) is 11.1. The van der Waals surface area contributed by atoms with E-state index in [1.54, 1.807) is 0 Å². The third-order valence-corrected chi connectivity index (χ3v) is 2.88. The molecule has 0 aromatic carbocycles. The highest BCUT2D eigenvalue weighted by Crippen LogP contribution is 2.07. The van der Waals surface area contributed by atoms with Gasteiger partial charge in [0.2, 0.25) is 0 Å². The molecule has 0 unspecified atom stereocenters. The summed E-state index contributed by atoms with van der Waals surface area (Å²) in [5.74, 6) is 5.18. The molecule has 98 valence electrons. The first kappa shape index (κ1) is 15.9. The predicted molar refractivity (Wildman–Crippen MR) is 72.3 cm³/mol. The van der Waals surface area contributed by atoms with Crippen LogP contribution in [-0.2, 0) is 0 Å². The van der Waals surface area contributed by atoms with Crippen molar-refractivity contribution >= 4 is 0 Å². The second-order valence-electron chi connectivity index (χ2n) is 4.53. The van der Waals surface area contributed by atoms with Crippen molar-refractivity contribution in [2.24, 2.45) is 5.84 Å². The first-order valence-electron chi connectivity index (χ1n) is 7.06. The highest BCUT2D eigenvalue weighted by Gasteiger charge is 1.91. The maximum Gasteiger partial charge on any atom is 0.0109 e. The van der Waals surface area contributed by atoms with Gasteiger partial charge in [-0.2, -0.15) is 0 Å². The van der Waals surface area contributed by atoms with Crippen LogP contribution in [0.5, 0.6) is 0 Å².